The summed E-state index contributed by atoms with van der Waals surface area (Å²) in [6, 6.07) is 14.4. The molecule has 144 valence electrons. The monoisotopic (exact) mass is 388 g/mol. The second kappa shape index (κ2) is 7.14. The van der Waals surface area contributed by atoms with Crippen molar-refractivity contribution in [2.45, 2.75) is 30.4 Å². The van der Waals surface area contributed by atoms with E-state index in [9.17, 15) is 8.42 Å². The molecule has 2 saturated heterocycles. The summed E-state index contributed by atoms with van der Waals surface area (Å²) >= 11 is 0. The lowest BCUT2D eigenvalue weighted by Crippen LogP contribution is -2.45. The lowest BCUT2D eigenvalue weighted by molar-refractivity contribution is -0.169. The van der Waals surface area contributed by atoms with Gasteiger partial charge < -0.3 is 14.4 Å². The maximum atomic E-state index is 12.5. The van der Waals surface area contributed by atoms with Gasteiger partial charge in [-0.2, -0.15) is 0 Å². The first kappa shape index (κ1) is 18.3. The van der Waals surface area contributed by atoms with Crippen LogP contribution in [-0.4, -0.2) is 40.5 Å². The molecule has 0 radical (unpaired) electrons. The van der Waals surface area contributed by atoms with Crippen LogP contribution in [0.2, 0.25) is 0 Å². The van der Waals surface area contributed by atoms with E-state index in [1.165, 1.54) is 0 Å². The highest BCUT2D eigenvalue weighted by Crippen LogP contribution is 2.33. The zero-order valence-electron chi connectivity index (χ0n) is 15.3. The molecule has 2 aliphatic rings. The van der Waals surface area contributed by atoms with Gasteiger partial charge in [0.05, 0.1) is 18.1 Å². The van der Waals surface area contributed by atoms with Crippen molar-refractivity contribution in [2.24, 2.45) is 0 Å². The maximum Gasteiger partial charge on any atom is 0.261 e. The lowest BCUT2D eigenvalue weighted by atomic mass is 10.0. The highest BCUT2D eigenvalue weighted by atomic mass is 32.2. The van der Waals surface area contributed by atoms with E-state index in [0.717, 1.165) is 37.2 Å². The predicted molar refractivity (Wildman–Crippen MR) is 105 cm³/mol. The number of benzene rings is 2. The molecule has 0 aliphatic carbocycles. The molecule has 6 nitrogen and oxygen atoms in total. The Hall–Kier alpha value is -2.09. The van der Waals surface area contributed by atoms with Gasteiger partial charge in [-0.3, -0.25) is 4.72 Å². The van der Waals surface area contributed by atoms with E-state index in [1.807, 2.05) is 25.1 Å². The zero-order valence-corrected chi connectivity index (χ0v) is 16.2. The van der Waals surface area contributed by atoms with E-state index >= 15 is 0 Å². The maximum absolute atomic E-state index is 12.5. The summed E-state index contributed by atoms with van der Waals surface area (Å²) in [6.07, 6.45) is 1.68. The SMILES string of the molecule is Cc1cccc(S(=O)(=O)Nc2ccc(N3CCC4(CC3)OCCO4)cc2)c1. The average Bonchev–Trinajstić information content (AvgIpc) is 3.11. The Morgan fingerprint density at radius 1 is 1.00 bits per heavy atom. The van der Waals surface area contributed by atoms with Gasteiger partial charge in [0.2, 0.25) is 0 Å². The minimum atomic E-state index is -3.59. The second-order valence-corrected chi connectivity index (χ2v) is 8.75. The molecule has 0 saturated carbocycles. The number of nitrogens with zero attached hydrogens (tertiary/aromatic N) is 1. The molecule has 2 aromatic rings. The number of hydrogen-bond acceptors (Lipinski definition) is 5. The van der Waals surface area contributed by atoms with E-state index in [2.05, 4.69) is 9.62 Å². The van der Waals surface area contributed by atoms with Gasteiger partial charge in [-0.15, -0.1) is 0 Å². The first-order valence-electron chi connectivity index (χ1n) is 9.18. The van der Waals surface area contributed by atoms with Crippen molar-refractivity contribution in [3.8, 4) is 0 Å². The second-order valence-electron chi connectivity index (χ2n) is 7.06. The fraction of sp³-hybridized carbons (Fsp3) is 0.400. The van der Waals surface area contributed by atoms with Crippen LogP contribution in [0.1, 0.15) is 18.4 Å². The number of rotatable bonds is 4. The lowest BCUT2D eigenvalue weighted by Gasteiger charge is -2.38. The van der Waals surface area contributed by atoms with Crippen LogP contribution in [0.3, 0.4) is 0 Å². The summed E-state index contributed by atoms with van der Waals surface area (Å²) in [4.78, 5) is 2.54. The Labute approximate surface area is 160 Å². The minimum Gasteiger partial charge on any atom is -0.371 e. The summed E-state index contributed by atoms with van der Waals surface area (Å²) < 4.78 is 39.2. The number of aryl methyl sites for hydroxylation is 1. The number of hydrogen-bond donors (Lipinski definition) is 1. The zero-order chi connectivity index (χ0) is 18.9. The van der Waals surface area contributed by atoms with Crippen LogP contribution in [0.5, 0.6) is 0 Å². The van der Waals surface area contributed by atoms with E-state index < -0.39 is 10.0 Å². The molecular weight excluding hydrogens is 364 g/mol. The minimum absolute atomic E-state index is 0.268. The average molecular weight is 388 g/mol. The highest BCUT2D eigenvalue weighted by molar-refractivity contribution is 7.92. The van der Waals surface area contributed by atoms with Crippen LogP contribution < -0.4 is 9.62 Å². The van der Waals surface area contributed by atoms with Crippen molar-refractivity contribution in [1.82, 2.24) is 0 Å². The standard InChI is InChI=1S/C20H24N2O4S/c1-16-3-2-4-19(15-16)27(23,24)21-17-5-7-18(8-6-17)22-11-9-20(10-12-22)25-13-14-26-20/h2-8,15,21H,9-14H2,1H3. The van der Waals surface area contributed by atoms with Gasteiger partial charge >= 0.3 is 0 Å². The fourth-order valence-electron chi connectivity index (χ4n) is 3.63. The van der Waals surface area contributed by atoms with Crippen LogP contribution >= 0.6 is 0 Å². The van der Waals surface area contributed by atoms with Crippen LogP contribution in [-0.2, 0) is 19.5 Å². The van der Waals surface area contributed by atoms with Gasteiger partial charge in [0.15, 0.2) is 5.79 Å². The normalized spacial score (nSPS) is 19.4. The Balaban J connectivity index is 1.42. The van der Waals surface area contributed by atoms with Crippen molar-refractivity contribution >= 4 is 21.4 Å². The van der Waals surface area contributed by atoms with Gasteiger partial charge in [-0.05, 0) is 48.9 Å². The van der Waals surface area contributed by atoms with Crippen molar-refractivity contribution < 1.29 is 17.9 Å². The molecular formula is C20H24N2O4S. The van der Waals surface area contributed by atoms with Gasteiger partial charge in [-0.25, -0.2) is 8.42 Å². The number of nitrogens with one attached hydrogen (secondary N) is 1. The van der Waals surface area contributed by atoms with E-state index in [1.54, 1.807) is 30.3 Å². The Morgan fingerprint density at radius 2 is 1.67 bits per heavy atom. The van der Waals surface area contributed by atoms with Gasteiger partial charge in [-0.1, -0.05) is 12.1 Å². The fourth-order valence-corrected chi connectivity index (χ4v) is 4.79. The molecule has 2 aliphatic heterocycles. The Morgan fingerprint density at radius 3 is 2.30 bits per heavy atom. The molecule has 2 heterocycles. The quantitative estimate of drug-likeness (QED) is 0.872. The molecule has 4 rings (SSSR count). The van der Waals surface area contributed by atoms with Gasteiger partial charge in [0.1, 0.15) is 0 Å². The van der Waals surface area contributed by atoms with E-state index in [-0.39, 0.29) is 10.7 Å². The topological polar surface area (TPSA) is 67.9 Å². The molecule has 2 fully saturated rings. The Bertz CT molecular complexity index is 896. The largest absolute Gasteiger partial charge is 0.371 e. The third-order valence-electron chi connectivity index (χ3n) is 5.12. The van der Waals surface area contributed by atoms with Crippen molar-refractivity contribution in [2.75, 3.05) is 35.9 Å². The summed E-state index contributed by atoms with van der Waals surface area (Å²) in [5.41, 5.74) is 2.53. The summed E-state index contributed by atoms with van der Waals surface area (Å²) in [5.74, 6) is -0.389. The van der Waals surface area contributed by atoms with E-state index in [4.69, 9.17) is 9.47 Å². The molecule has 2 aromatic carbocycles. The summed E-state index contributed by atoms with van der Waals surface area (Å²) in [6.45, 7) is 4.94. The number of sulfonamides is 1. The summed E-state index contributed by atoms with van der Waals surface area (Å²) in [7, 11) is -3.59. The number of ether oxygens (including phenoxy) is 2. The predicted octanol–water partition coefficient (Wildman–Crippen LogP) is 3.14. The third-order valence-corrected chi connectivity index (χ3v) is 6.50. The van der Waals surface area contributed by atoms with Crippen molar-refractivity contribution in [3.05, 3.63) is 54.1 Å². The molecule has 7 heteroatoms. The van der Waals surface area contributed by atoms with E-state index in [0.29, 0.717) is 18.9 Å². The van der Waals surface area contributed by atoms with Crippen molar-refractivity contribution in [1.29, 1.82) is 0 Å². The first-order chi connectivity index (χ1) is 13.0. The first-order valence-corrected chi connectivity index (χ1v) is 10.7. The highest BCUT2D eigenvalue weighted by Gasteiger charge is 2.39. The number of piperidine rings is 1. The smallest absolute Gasteiger partial charge is 0.261 e. The van der Waals surface area contributed by atoms with Gasteiger partial charge in [0.25, 0.3) is 10.0 Å². The molecule has 27 heavy (non-hydrogen) atoms. The molecule has 1 N–H and O–H groups in total. The molecule has 0 atom stereocenters. The molecule has 0 amide bonds. The van der Waals surface area contributed by atoms with Crippen LogP contribution in [0, 0.1) is 6.92 Å². The molecule has 1 spiro atoms. The van der Waals surface area contributed by atoms with Crippen LogP contribution in [0.4, 0.5) is 11.4 Å². The van der Waals surface area contributed by atoms with Gasteiger partial charge in [0, 0.05) is 37.3 Å². The Kier molecular flexibility index (Phi) is 4.84. The third kappa shape index (κ3) is 3.95. The number of anilines is 2. The molecule has 0 bridgehead atoms. The van der Waals surface area contributed by atoms with Crippen molar-refractivity contribution in [3.63, 3.8) is 0 Å². The molecule has 0 unspecified atom stereocenters. The molecule has 0 aromatic heterocycles. The summed E-state index contributed by atoms with van der Waals surface area (Å²) in [5, 5.41) is 0. The van der Waals surface area contributed by atoms with Crippen LogP contribution in [0.25, 0.3) is 0 Å². The van der Waals surface area contributed by atoms with Crippen LogP contribution in [0.15, 0.2) is 53.4 Å².